The van der Waals surface area contributed by atoms with E-state index in [9.17, 15) is 13.2 Å². The van der Waals surface area contributed by atoms with Crippen molar-refractivity contribution in [1.82, 2.24) is 4.98 Å². The molecule has 2 aromatic carbocycles. The maximum atomic E-state index is 12.1. The third kappa shape index (κ3) is 5.77. The summed E-state index contributed by atoms with van der Waals surface area (Å²) in [6.07, 6.45) is 5.93. The smallest absolute Gasteiger partial charge is 0.248 e. The maximum absolute atomic E-state index is 12.1. The number of nitrogens with zero attached hydrogens (tertiary/aromatic N) is 1. The Balaban J connectivity index is 1.58. The summed E-state index contributed by atoms with van der Waals surface area (Å²) in [4.78, 5) is 16.3. The standard InChI is InChI=1S/C19H17N3O3S2/c1-27(24,25)22-17-7-2-14(3-8-17)4-11-18(23)21-16-9-5-15(6-10-16)19-20-12-13-26-19/h2-13,22H,1H3,(H,21,23)/b11-4+. The van der Waals surface area contributed by atoms with Gasteiger partial charge < -0.3 is 5.32 Å². The molecule has 0 atom stereocenters. The van der Waals surface area contributed by atoms with Crippen molar-refractivity contribution in [2.45, 2.75) is 0 Å². The van der Waals surface area contributed by atoms with E-state index in [1.165, 1.54) is 6.08 Å². The molecule has 0 spiro atoms. The molecule has 1 aromatic heterocycles. The molecular formula is C19H17N3O3S2. The van der Waals surface area contributed by atoms with Gasteiger partial charge in [0.25, 0.3) is 0 Å². The van der Waals surface area contributed by atoms with Crippen LogP contribution in [-0.2, 0) is 14.8 Å². The van der Waals surface area contributed by atoms with E-state index in [-0.39, 0.29) is 5.91 Å². The lowest BCUT2D eigenvalue weighted by atomic mass is 10.2. The topological polar surface area (TPSA) is 88.2 Å². The Labute approximate surface area is 161 Å². The SMILES string of the molecule is CS(=O)(=O)Nc1ccc(/C=C/C(=O)Nc2ccc(-c3nccs3)cc2)cc1. The zero-order valence-electron chi connectivity index (χ0n) is 14.4. The molecule has 0 bridgehead atoms. The van der Waals surface area contributed by atoms with Crippen LogP contribution in [0.1, 0.15) is 5.56 Å². The molecule has 0 radical (unpaired) electrons. The number of rotatable bonds is 6. The van der Waals surface area contributed by atoms with Gasteiger partial charge in [-0.25, -0.2) is 13.4 Å². The van der Waals surface area contributed by atoms with Gasteiger partial charge in [0.05, 0.1) is 6.26 Å². The van der Waals surface area contributed by atoms with Crippen molar-refractivity contribution >= 4 is 44.7 Å². The van der Waals surface area contributed by atoms with Gasteiger partial charge in [0.1, 0.15) is 5.01 Å². The average molecular weight is 399 g/mol. The summed E-state index contributed by atoms with van der Waals surface area (Å²) in [5.74, 6) is -0.254. The lowest BCUT2D eigenvalue weighted by Crippen LogP contribution is -2.09. The molecule has 2 N–H and O–H groups in total. The van der Waals surface area contributed by atoms with Crippen LogP contribution in [0.25, 0.3) is 16.6 Å². The summed E-state index contributed by atoms with van der Waals surface area (Å²) in [6, 6.07) is 14.2. The third-order valence-corrected chi connectivity index (χ3v) is 4.90. The van der Waals surface area contributed by atoms with E-state index < -0.39 is 10.0 Å². The summed E-state index contributed by atoms with van der Waals surface area (Å²) < 4.78 is 24.7. The summed E-state index contributed by atoms with van der Waals surface area (Å²) in [6.45, 7) is 0. The fourth-order valence-electron chi connectivity index (χ4n) is 2.29. The van der Waals surface area contributed by atoms with E-state index in [0.29, 0.717) is 11.4 Å². The molecule has 1 heterocycles. The number of aromatic nitrogens is 1. The molecule has 0 aliphatic carbocycles. The number of thiazole rings is 1. The Hall–Kier alpha value is -2.97. The first kappa shape index (κ1) is 18.8. The maximum Gasteiger partial charge on any atom is 0.248 e. The van der Waals surface area contributed by atoms with Crippen molar-refractivity contribution in [2.75, 3.05) is 16.3 Å². The van der Waals surface area contributed by atoms with E-state index in [1.807, 2.05) is 29.6 Å². The predicted octanol–water partition coefficient (Wildman–Crippen LogP) is 3.83. The molecule has 3 aromatic rings. The van der Waals surface area contributed by atoms with Crippen molar-refractivity contribution in [3.63, 3.8) is 0 Å². The molecule has 0 unspecified atom stereocenters. The highest BCUT2D eigenvalue weighted by Crippen LogP contribution is 2.23. The summed E-state index contributed by atoms with van der Waals surface area (Å²) in [5, 5.41) is 5.64. The Bertz CT molecular complexity index is 1040. The number of hydrogen-bond donors (Lipinski definition) is 2. The minimum Gasteiger partial charge on any atom is -0.323 e. The van der Waals surface area contributed by atoms with E-state index in [4.69, 9.17) is 0 Å². The second kappa shape index (κ2) is 8.15. The first-order valence-corrected chi connectivity index (χ1v) is 10.7. The Kier molecular flexibility index (Phi) is 5.68. The first-order valence-electron chi connectivity index (χ1n) is 7.96. The quantitative estimate of drug-likeness (QED) is 0.617. The van der Waals surface area contributed by atoms with Crippen LogP contribution in [0.2, 0.25) is 0 Å². The lowest BCUT2D eigenvalue weighted by Gasteiger charge is -2.04. The first-order chi connectivity index (χ1) is 12.9. The van der Waals surface area contributed by atoms with Gasteiger partial charge in [0, 0.05) is 34.6 Å². The molecule has 1 amide bonds. The van der Waals surface area contributed by atoms with Gasteiger partial charge in [-0.1, -0.05) is 12.1 Å². The Morgan fingerprint density at radius 3 is 2.30 bits per heavy atom. The van der Waals surface area contributed by atoms with Crippen LogP contribution in [0.15, 0.2) is 66.2 Å². The monoisotopic (exact) mass is 399 g/mol. The fourth-order valence-corrected chi connectivity index (χ4v) is 3.50. The van der Waals surface area contributed by atoms with Crippen LogP contribution >= 0.6 is 11.3 Å². The number of carbonyl (C=O) groups is 1. The number of benzene rings is 2. The second-order valence-electron chi connectivity index (χ2n) is 5.73. The van der Waals surface area contributed by atoms with Crippen LogP contribution in [-0.4, -0.2) is 25.6 Å². The molecule has 0 fully saturated rings. The molecule has 3 rings (SSSR count). The second-order valence-corrected chi connectivity index (χ2v) is 8.38. The predicted molar refractivity (Wildman–Crippen MR) is 110 cm³/mol. The van der Waals surface area contributed by atoms with Crippen LogP contribution < -0.4 is 10.0 Å². The Morgan fingerprint density at radius 2 is 1.70 bits per heavy atom. The summed E-state index contributed by atoms with van der Waals surface area (Å²) >= 11 is 1.56. The number of amides is 1. The van der Waals surface area contributed by atoms with Crippen molar-refractivity contribution < 1.29 is 13.2 Å². The third-order valence-electron chi connectivity index (χ3n) is 3.47. The summed E-state index contributed by atoms with van der Waals surface area (Å²) in [7, 11) is -3.30. The zero-order chi connectivity index (χ0) is 19.3. The fraction of sp³-hybridized carbons (Fsp3) is 0.0526. The largest absolute Gasteiger partial charge is 0.323 e. The van der Waals surface area contributed by atoms with Crippen LogP contribution in [0, 0.1) is 0 Å². The van der Waals surface area contributed by atoms with Gasteiger partial charge in [-0.05, 0) is 48.0 Å². The van der Waals surface area contributed by atoms with Gasteiger partial charge in [-0.2, -0.15) is 0 Å². The lowest BCUT2D eigenvalue weighted by molar-refractivity contribution is -0.111. The van der Waals surface area contributed by atoms with Crippen molar-refractivity contribution in [1.29, 1.82) is 0 Å². The van der Waals surface area contributed by atoms with Crippen LogP contribution in [0.4, 0.5) is 11.4 Å². The zero-order valence-corrected chi connectivity index (χ0v) is 16.0. The average Bonchev–Trinajstić information content (AvgIpc) is 3.15. The van der Waals surface area contributed by atoms with E-state index in [1.54, 1.807) is 47.9 Å². The van der Waals surface area contributed by atoms with Crippen molar-refractivity contribution in [2.24, 2.45) is 0 Å². The number of nitrogens with one attached hydrogen (secondary N) is 2. The Morgan fingerprint density at radius 1 is 1.04 bits per heavy atom. The number of hydrogen-bond acceptors (Lipinski definition) is 5. The summed E-state index contributed by atoms with van der Waals surface area (Å²) in [5.41, 5.74) is 2.95. The molecular weight excluding hydrogens is 382 g/mol. The van der Waals surface area contributed by atoms with Gasteiger partial charge in [0.2, 0.25) is 15.9 Å². The van der Waals surface area contributed by atoms with Crippen LogP contribution in [0.5, 0.6) is 0 Å². The normalized spacial score (nSPS) is 11.4. The van der Waals surface area contributed by atoms with Crippen molar-refractivity contribution in [3.8, 4) is 10.6 Å². The molecule has 0 aliphatic rings. The number of sulfonamides is 1. The van der Waals surface area contributed by atoms with Gasteiger partial charge in [-0.3, -0.25) is 9.52 Å². The molecule has 0 saturated carbocycles. The molecule has 8 heteroatoms. The number of anilines is 2. The van der Waals surface area contributed by atoms with E-state index >= 15 is 0 Å². The highest BCUT2D eigenvalue weighted by Gasteiger charge is 2.03. The molecule has 6 nitrogen and oxygen atoms in total. The number of carbonyl (C=O) groups excluding carboxylic acids is 1. The molecule has 27 heavy (non-hydrogen) atoms. The van der Waals surface area contributed by atoms with Crippen molar-refractivity contribution in [3.05, 3.63) is 71.7 Å². The molecule has 0 aliphatic heterocycles. The minimum atomic E-state index is -3.30. The highest BCUT2D eigenvalue weighted by molar-refractivity contribution is 7.92. The van der Waals surface area contributed by atoms with Gasteiger partial charge in [-0.15, -0.1) is 11.3 Å². The van der Waals surface area contributed by atoms with E-state index in [0.717, 1.165) is 22.4 Å². The van der Waals surface area contributed by atoms with Gasteiger partial charge in [0.15, 0.2) is 0 Å². The minimum absolute atomic E-state index is 0.254. The highest BCUT2D eigenvalue weighted by atomic mass is 32.2. The van der Waals surface area contributed by atoms with E-state index in [2.05, 4.69) is 15.0 Å². The van der Waals surface area contributed by atoms with Crippen LogP contribution in [0.3, 0.4) is 0 Å². The molecule has 138 valence electrons. The molecule has 0 saturated heterocycles. The van der Waals surface area contributed by atoms with Gasteiger partial charge >= 0.3 is 0 Å².